The summed E-state index contributed by atoms with van der Waals surface area (Å²) >= 11 is 0. The molecule has 0 radical (unpaired) electrons. The Hall–Kier alpha value is -2.03. The van der Waals surface area contributed by atoms with E-state index in [4.69, 9.17) is 8.83 Å². The van der Waals surface area contributed by atoms with Crippen LogP contribution in [0.5, 0.6) is 0 Å². The van der Waals surface area contributed by atoms with Crippen LogP contribution in [-0.2, 0) is 11.8 Å². The summed E-state index contributed by atoms with van der Waals surface area (Å²) < 4.78 is 11.6. The third-order valence-electron chi connectivity index (χ3n) is 5.43. The number of aryl methyl sites for hydroxylation is 2. The van der Waals surface area contributed by atoms with E-state index in [1.54, 1.807) is 0 Å². The summed E-state index contributed by atoms with van der Waals surface area (Å²) in [4.78, 5) is 12.6. The number of benzene rings is 1. The number of unbranched alkanes of at least 4 members (excludes halogenated alkanes) is 3. The molecule has 0 aliphatic heterocycles. The van der Waals surface area contributed by atoms with Gasteiger partial charge in [-0.05, 0) is 43.7 Å². The van der Waals surface area contributed by atoms with Crippen molar-refractivity contribution in [1.29, 1.82) is 0 Å². The Bertz CT molecular complexity index is 996. The van der Waals surface area contributed by atoms with Crippen LogP contribution in [0.3, 0.4) is 0 Å². The summed E-state index contributed by atoms with van der Waals surface area (Å²) in [6, 6.07) is 2.15. The molecule has 0 atom stereocenters. The summed E-state index contributed by atoms with van der Waals surface area (Å²) in [7, 11) is 0. The highest BCUT2D eigenvalue weighted by Gasteiger charge is 2.23. The highest BCUT2D eigenvalue weighted by molar-refractivity contribution is 6.00. The minimum atomic E-state index is -0.198. The molecule has 3 heteroatoms. The summed E-state index contributed by atoms with van der Waals surface area (Å²) in [6.07, 6.45) is 7.22. The Kier molecular flexibility index (Phi) is 5.01. The fraction of sp³-hybridized carbons (Fsp3) is 0.522. The zero-order chi connectivity index (χ0) is 19.1. The standard InChI is InChI=1S/C23H30O3/c1-7-8-9-10-11-16-14(2)17-12-18-19(23(4,5)6)13-25-20(18)15(3)21(17)26-22(16)24/h12-13H,7-11H2,1-6H3. The molecule has 26 heavy (non-hydrogen) atoms. The first-order valence-electron chi connectivity index (χ1n) is 9.73. The van der Waals surface area contributed by atoms with Crippen LogP contribution in [-0.4, -0.2) is 0 Å². The van der Waals surface area contributed by atoms with Gasteiger partial charge in [-0.1, -0.05) is 47.0 Å². The Morgan fingerprint density at radius 3 is 2.35 bits per heavy atom. The largest absolute Gasteiger partial charge is 0.464 e. The van der Waals surface area contributed by atoms with Crippen LogP contribution in [0.15, 0.2) is 26.0 Å². The Labute approximate surface area is 155 Å². The van der Waals surface area contributed by atoms with Gasteiger partial charge in [0.05, 0.1) is 6.26 Å². The van der Waals surface area contributed by atoms with Gasteiger partial charge in [0.25, 0.3) is 0 Å². The maximum Gasteiger partial charge on any atom is 0.339 e. The molecule has 3 aromatic rings. The van der Waals surface area contributed by atoms with Gasteiger partial charge < -0.3 is 8.83 Å². The van der Waals surface area contributed by atoms with E-state index in [1.165, 1.54) is 18.4 Å². The van der Waals surface area contributed by atoms with Gasteiger partial charge in [0.2, 0.25) is 0 Å². The van der Waals surface area contributed by atoms with Gasteiger partial charge in [0, 0.05) is 27.5 Å². The first-order chi connectivity index (χ1) is 12.3. The molecule has 0 bridgehead atoms. The minimum absolute atomic E-state index is 0.00211. The third-order valence-corrected chi connectivity index (χ3v) is 5.43. The molecule has 0 aliphatic carbocycles. The molecule has 1 aromatic carbocycles. The topological polar surface area (TPSA) is 43.4 Å². The SMILES string of the molecule is CCCCCCc1c(C)c2cc3c(C(C)(C)C)coc3c(C)c2oc1=O. The second kappa shape index (κ2) is 6.94. The lowest BCUT2D eigenvalue weighted by atomic mass is 9.86. The maximum absolute atomic E-state index is 12.6. The van der Waals surface area contributed by atoms with Crippen molar-refractivity contribution in [3.05, 3.63) is 45.0 Å². The highest BCUT2D eigenvalue weighted by Crippen LogP contribution is 2.37. The minimum Gasteiger partial charge on any atom is -0.464 e. The normalized spacial score (nSPS) is 12.4. The summed E-state index contributed by atoms with van der Waals surface area (Å²) in [5.41, 5.74) is 5.26. The molecule has 0 aliphatic rings. The molecular formula is C23H30O3. The molecular weight excluding hydrogens is 324 g/mol. The first kappa shape index (κ1) is 18.8. The molecule has 0 spiro atoms. The Morgan fingerprint density at radius 1 is 0.962 bits per heavy atom. The van der Waals surface area contributed by atoms with Gasteiger partial charge in [0.15, 0.2) is 0 Å². The molecule has 0 saturated carbocycles. The Morgan fingerprint density at radius 2 is 1.69 bits per heavy atom. The number of fused-ring (bicyclic) bond motifs is 2. The van der Waals surface area contributed by atoms with Crippen LogP contribution < -0.4 is 5.63 Å². The third kappa shape index (κ3) is 3.20. The molecule has 2 aromatic heterocycles. The molecule has 3 rings (SSSR count). The zero-order valence-electron chi connectivity index (χ0n) is 16.9. The Balaban J connectivity index is 2.20. The van der Waals surface area contributed by atoms with Crippen molar-refractivity contribution < 1.29 is 8.83 Å². The number of rotatable bonds is 5. The van der Waals surface area contributed by atoms with Crippen LogP contribution in [0.1, 0.15) is 75.6 Å². The lowest BCUT2D eigenvalue weighted by Gasteiger charge is -2.17. The zero-order valence-corrected chi connectivity index (χ0v) is 16.9. The van der Waals surface area contributed by atoms with Gasteiger partial charge in [0.1, 0.15) is 11.2 Å². The van der Waals surface area contributed by atoms with E-state index in [0.29, 0.717) is 5.58 Å². The van der Waals surface area contributed by atoms with Crippen molar-refractivity contribution >= 4 is 21.9 Å². The average molecular weight is 354 g/mol. The lowest BCUT2D eigenvalue weighted by molar-refractivity contribution is 0.538. The van der Waals surface area contributed by atoms with Crippen LogP contribution in [0.2, 0.25) is 0 Å². The predicted octanol–water partition coefficient (Wildman–Crippen LogP) is 6.58. The van der Waals surface area contributed by atoms with E-state index < -0.39 is 0 Å². The molecule has 0 saturated heterocycles. The van der Waals surface area contributed by atoms with Gasteiger partial charge in [-0.25, -0.2) is 4.79 Å². The summed E-state index contributed by atoms with van der Waals surface area (Å²) in [5.74, 6) is 0. The quantitative estimate of drug-likeness (QED) is 0.384. The van der Waals surface area contributed by atoms with Crippen molar-refractivity contribution in [2.75, 3.05) is 0 Å². The first-order valence-corrected chi connectivity index (χ1v) is 9.73. The fourth-order valence-corrected chi connectivity index (χ4v) is 3.79. The van der Waals surface area contributed by atoms with E-state index in [-0.39, 0.29) is 11.0 Å². The van der Waals surface area contributed by atoms with E-state index in [1.807, 2.05) is 13.2 Å². The van der Waals surface area contributed by atoms with Gasteiger partial charge in [-0.2, -0.15) is 0 Å². The maximum atomic E-state index is 12.6. The van der Waals surface area contributed by atoms with Gasteiger partial charge in [-0.3, -0.25) is 0 Å². The molecule has 140 valence electrons. The number of hydrogen-bond acceptors (Lipinski definition) is 3. The number of furan rings is 1. The fourth-order valence-electron chi connectivity index (χ4n) is 3.79. The monoisotopic (exact) mass is 354 g/mol. The van der Waals surface area contributed by atoms with Crippen LogP contribution in [0.25, 0.3) is 21.9 Å². The van der Waals surface area contributed by atoms with E-state index in [9.17, 15) is 4.79 Å². The molecule has 0 amide bonds. The van der Waals surface area contributed by atoms with Crippen molar-refractivity contribution in [1.82, 2.24) is 0 Å². The average Bonchev–Trinajstić information content (AvgIpc) is 3.00. The van der Waals surface area contributed by atoms with Crippen molar-refractivity contribution in [3.63, 3.8) is 0 Å². The predicted molar refractivity (Wildman–Crippen MR) is 108 cm³/mol. The van der Waals surface area contributed by atoms with Crippen LogP contribution in [0, 0.1) is 13.8 Å². The molecule has 0 fully saturated rings. The van der Waals surface area contributed by atoms with Gasteiger partial charge >= 0.3 is 5.63 Å². The van der Waals surface area contributed by atoms with Crippen LogP contribution >= 0.6 is 0 Å². The van der Waals surface area contributed by atoms with Crippen LogP contribution in [0.4, 0.5) is 0 Å². The second-order valence-corrected chi connectivity index (χ2v) is 8.46. The van der Waals surface area contributed by atoms with Crippen molar-refractivity contribution in [3.8, 4) is 0 Å². The van der Waals surface area contributed by atoms with E-state index in [2.05, 4.69) is 40.7 Å². The molecule has 3 nitrogen and oxygen atoms in total. The van der Waals surface area contributed by atoms with E-state index in [0.717, 1.165) is 52.3 Å². The molecule has 0 unspecified atom stereocenters. The van der Waals surface area contributed by atoms with Crippen molar-refractivity contribution in [2.24, 2.45) is 0 Å². The summed E-state index contributed by atoms with van der Waals surface area (Å²) in [5, 5.41) is 2.16. The molecule has 2 heterocycles. The van der Waals surface area contributed by atoms with E-state index >= 15 is 0 Å². The highest BCUT2D eigenvalue weighted by atomic mass is 16.4. The molecule has 0 N–H and O–H groups in total. The second-order valence-electron chi connectivity index (χ2n) is 8.46. The lowest BCUT2D eigenvalue weighted by Crippen LogP contribution is -2.12. The van der Waals surface area contributed by atoms with Crippen molar-refractivity contribution in [2.45, 2.75) is 79.1 Å². The van der Waals surface area contributed by atoms with Gasteiger partial charge in [-0.15, -0.1) is 0 Å². The summed E-state index contributed by atoms with van der Waals surface area (Å²) in [6.45, 7) is 12.8. The smallest absolute Gasteiger partial charge is 0.339 e. The number of hydrogen-bond donors (Lipinski definition) is 0.